The Bertz CT molecular complexity index is 227. The number of rotatable bonds is 0. The maximum Gasteiger partial charge on any atom is 0.0492 e. The van der Waals surface area contributed by atoms with Gasteiger partial charge >= 0.3 is 0 Å². The first-order valence-corrected chi connectivity index (χ1v) is 4.51. The van der Waals surface area contributed by atoms with Crippen LogP contribution in [0.5, 0.6) is 0 Å². The second-order valence-corrected chi connectivity index (χ2v) is 3.35. The van der Waals surface area contributed by atoms with Gasteiger partial charge in [-0.1, -0.05) is 12.1 Å². The van der Waals surface area contributed by atoms with Gasteiger partial charge < -0.3 is 11.5 Å². The highest BCUT2D eigenvalue weighted by Gasteiger charge is 2.04. The van der Waals surface area contributed by atoms with Crippen molar-refractivity contribution in [3.63, 3.8) is 0 Å². The van der Waals surface area contributed by atoms with E-state index in [1.165, 1.54) is 10.6 Å². The number of fused-ring (bicyclic) bond motifs is 1. The number of hydrogen-bond acceptors (Lipinski definition) is 4. The van der Waals surface area contributed by atoms with Gasteiger partial charge in [-0.3, -0.25) is 4.72 Å². The molecule has 0 atom stereocenters. The predicted molar refractivity (Wildman–Crippen MR) is 53.8 cm³/mol. The zero-order valence-electron chi connectivity index (χ0n) is 6.84. The molecule has 0 aliphatic carbocycles. The lowest BCUT2D eigenvalue weighted by Gasteiger charge is -2.03. The average Bonchev–Trinajstić information content (AvgIpc) is 2.28. The molecule has 1 aliphatic heterocycles. The Balaban J connectivity index is 0.000000720. The van der Waals surface area contributed by atoms with Crippen molar-refractivity contribution in [2.75, 3.05) is 18.4 Å². The van der Waals surface area contributed by atoms with Crippen LogP contribution in [0, 0.1) is 0 Å². The van der Waals surface area contributed by atoms with E-state index in [1.54, 1.807) is 11.9 Å². The second kappa shape index (κ2) is 4.35. The summed E-state index contributed by atoms with van der Waals surface area (Å²) >= 11 is 1.70. The minimum Gasteiger partial charge on any atom is -0.383 e. The van der Waals surface area contributed by atoms with E-state index in [9.17, 15) is 0 Å². The Morgan fingerprint density at radius 1 is 1.17 bits per heavy atom. The van der Waals surface area contributed by atoms with Crippen LogP contribution in [0.1, 0.15) is 0 Å². The molecule has 4 heteroatoms. The van der Waals surface area contributed by atoms with Gasteiger partial charge in [-0.2, -0.15) is 0 Å². The van der Waals surface area contributed by atoms with Crippen LogP contribution in [0.2, 0.25) is 0 Å². The highest BCUT2D eigenvalue weighted by atomic mass is 32.2. The number of anilines is 1. The van der Waals surface area contributed by atoms with E-state index in [-0.39, 0.29) is 6.15 Å². The normalized spacial score (nSPS) is 15.0. The van der Waals surface area contributed by atoms with Crippen molar-refractivity contribution in [1.29, 1.82) is 0 Å². The summed E-state index contributed by atoms with van der Waals surface area (Å²) in [6.07, 6.45) is 0. The Kier molecular flexibility index (Phi) is 3.40. The molecular formula is C8H13N3S. The average molecular weight is 183 g/mol. The molecule has 1 aromatic carbocycles. The lowest BCUT2D eigenvalue weighted by molar-refractivity contribution is 0.967. The molecule has 0 bridgehead atoms. The van der Waals surface area contributed by atoms with E-state index in [0.717, 1.165) is 13.1 Å². The number of benzene rings is 1. The fraction of sp³-hybridized carbons (Fsp3) is 0.250. The minimum absolute atomic E-state index is 0. The third-order valence-electron chi connectivity index (χ3n) is 1.61. The van der Waals surface area contributed by atoms with Crippen LogP contribution >= 0.6 is 11.9 Å². The molecule has 0 unspecified atom stereocenters. The molecule has 0 amide bonds. The van der Waals surface area contributed by atoms with Crippen molar-refractivity contribution < 1.29 is 0 Å². The second-order valence-electron chi connectivity index (χ2n) is 2.42. The van der Waals surface area contributed by atoms with Crippen molar-refractivity contribution in [2.24, 2.45) is 0 Å². The van der Waals surface area contributed by atoms with E-state index in [0.29, 0.717) is 0 Å². The quantitative estimate of drug-likeness (QED) is 0.537. The minimum atomic E-state index is 0. The van der Waals surface area contributed by atoms with Gasteiger partial charge in [-0.05, 0) is 24.1 Å². The molecule has 1 aromatic rings. The van der Waals surface area contributed by atoms with Crippen LogP contribution in [-0.2, 0) is 0 Å². The maximum absolute atomic E-state index is 3.34. The standard InChI is InChI=1S/C8H10N2S.H3N/c1-2-4-8-7(3-1)9-5-6-10-11-8;/h1-4,9-10H,5-6H2;1H3. The molecule has 2 rings (SSSR count). The monoisotopic (exact) mass is 183 g/mol. The summed E-state index contributed by atoms with van der Waals surface area (Å²) in [7, 11) is 0. The van der Waals surface area contributed by atoms with Gasteiger partial charge in [0.2, 0.25) is 0 Å². The Morgan fingerprint density at radius 3 is 2.92 bits per heavy atom. The summed E-state index contributed by atoms with van der Waals surface area (Å²) in [4.78, 5) is 1.28. The van der Waals surface area contributed by atoms with Crippen molar-refractivity contribution in [3.05, 3.63) is 24.3 Å². The van der Waals surface area contributed by atoms with Crippen molar-refractivity contribution in [2.45, 2.75) is 4.90 Å². The molecule has 0 spiro atoms. The van der Waals surface area contributed by atoms with E-state index >= 15 is 0 Å². The molecule has 0 saturated heterocycles. The zero-order chi connectivity index (χ0) is 7.52. The first-order chi connectivity index (χ1) is 5.47. The van der Waals surface area contributed by atoms with Gasteiger partial charge in [0, 0.05) is 23.7 Å². The largest absolute Gasteiger partial charge is 0.383 e. The van der Waals surface area contributed by atoms with Crippen LogP contribution in [0.4, 0.5) is 5.69 Å². The van der Waals surface area contributed by atoms with Gasteiger partial charge in [-0.15, -0.1) is 0 Å². The van der Waals surface area contributed by atoms with E-state index in [4.69, 9.17) is 0 Å². The highest BCUT2D eigenvalue weighted by Crippen LogP contribution is 2.25. The third kappa shape index (κ3) is 1.91. The maximum atomic E-state index is 3.34. The first kappa shape index (κ1) is 9.38. The molecule has 3 nitrogen and oxygen atoms in total. The summed E-state index contributed by atoms with van der Waals surface area (Å²) < 4.78 is 3.26. The van der Waals surface area contributed by atoms with Crippen LogP contribution in [0.25, 0.3) is 0 Å². The molecule has 0 aromatic heterocycles. The molecule has 12 heavy (non-hydrogen) atoms. The van der Waals surface area contributed by atoms with Crippen LogP contribution < -0.4 is 16.2 Å². The number of para-hydroxylation sites is 1. The summed E-state index contributed by atoms with van der Waals surface area (Å²) in [5.41, 5.74) is 1.24. The van der Waals surface area contributed by atoms with Crippen molar-refractivity contribution in [3.8, 4) is 0 Å². The molecule has 1 aliphatic rings. The molecular weight excluding hydrogens is 170 g/mol. The Labute approximate surface area is 76.6 Å². The van der Waals surface area contributed by atoms with Gasteiger partial charge in [0.15, 0.2) is 0 Å². The van der Waals surface area contributed by atoms with Crippen LogP contribution in [0.3, 0.4) is 0 Å². The third-order valence-corrected chi connectivity index (χ3v) is 2.54. The number of hydrogen-bond donors (Lipinski definition) is 3. The van der Waals surface area contributed by atoms with Gasteiger partial charge in [0.25, 0.3) is 0 Å². The SMILES string of the molecule is N.c1ccc2c(c1)NCCNS2. The van der Waals surface area contributed by atoms with E-state index < -0.39 is 0 Å². The van der Waals surface area contributed by atoms with Gasteiger partial charge in [-0.25, -0.2) is 0 Å². The fourth-order valence-electron chi connectivity index (χ4n) is 1.08. The Morgan fingerprint density at radius 2 is 2.00 bits per heavy atom. The van der Waals surface area contributed by atoms with Gasteiger partial charge in [0.05, 0.1) is 0 Å². The molecule has 66 valence electrons. The van der Waals surface area contributed by atoms with Crippen molar-refractivity contribution in [1.82, 2.24) is 10.9 Å². The van der Waals surface area contributed by atoms with Crippen LogP contribution in [0.15, 0.2) is 29.2 Å². The fourth-order valence-corrected chi connectivity index (χ4v) is 1.84. The predicted octanol–water partition coefficient (Wildman–Crippen LogP) is 1.87. The summed E-state index contributed by atoms with van der Waals surface area (Å²) in [6, 6.07) is 8.33. The molecule has 0 radical (unpaired) electrons. The summed E-state index contributed by atoms with van der Waals surface area (Å²) in [5.74, 6) is 0. The molecule has 0 fully saturated rings. The van der Waals surface area contributed by atoms with Crippen LogP contribution in [-0.4, -0.2) is 13.1 Å². The lowest BCUT2D eigenvalue weighted by atomic mass is 10.3. The smallest absolute Gasteiger partial charge is 0.0492 e. The molecule has 1 heterocycles. The molecule has 0 saturated carbocycles. The molecule has 5 N–H and O–H groups in total. The lowest BCUT2D eigenvalue weighted by Crippen LogP contribution is -2.12. The van der Waals surface area contributed by atoms with Crippen molar-refractivity contribution >= 4 is 17.6 Å². The summed E-state index contributed by atoms with van der Waals surface area (Å²) in [6.45, 7) is 2.02. The van der Waals surface area contributed by atoms with E-state index in [1.807, 2.05) is 0 Å². The first-order valence-electron chi connectivity index (χ1n) is 3.69. The highest BCUT2D eigenvalue weighted by molar-refractivity contribution is 7.97. The zero-order valence-corrected chi connectivity index (χ0v) is 7.66. The number of nitrogens with one attached hydrogen (secondary N) is 2. The summed E-state index contributed by atoms with van der Waals surface area (Å²) in [5, 5.41) is 3.34. The van der Waals surface area contributed by atoms with Gasteiger partial charge in [0.1, 0.15) is 0 Å². The Hall–Kier alpha value is -0.710. The topological polar surface area (TPSA) is 59.1 Å². The van der Waals surface area contributed by atoms with E-state index in [2.05, 4.69) is 34.3 Å².